The number of ether oxygens (including phenoxy) is 1. The van der Waals surface area contributed by atoms with Crippen LogP contribution < -0.4 is 10.1 Å². The van der Waals surface area contributed by atoms with Crippen LogP contribution in [0.3, 0.4) is 0 Å². The third-order valence-corrected chi connectivity index (χ3v) is 4.91. The molecular formula is C20H21FN2O. The fraction of sp³-hybridized carbons (Fsp3) is 0.300. The van der Waals surface area contributed by atoms with Gasteiger partial charge in [0.2, 0.25) is 0 Å². The van der Waals surface area contributed by atoms with Crippen LogP contribution in [0.4, 0.5) is 4.39 Å². The van der Waals surface area contributed by atoms with Gasteiger partial charge in [-0.2, -0.15) is 0 Å². The summed E-state index contributed by atoms with van der Waals surface area (Å²) in [7, 11) is 1.48. The minimum atomic E-state index is -0.327. The number of nitrogens with one attached hydrogen (secondary N) is 2. The Labute approximate surface area is 140 Å². The number of halogens is 1. The number of fused-ring (bicyclic) bond motifs is 3. The number of H-pyrrole nitrogens is 1. The fourth-order valence-electron chi connectivity index (χ4n) is 3.83. The van der Waals surface area contributed by atoms with Crippen LogP contribution in [0.2, 0.25) is 0 Å². The molecule has 2 heterocycles. The lowest BCUT2D eigenvalue weighted by atomic mass is 9.93. The highest BCUT2D eigenvalue weighted by atomic mass is 19.1. The van der Waals surface area contributed by atoms with Gasteiger partial charge in [0.15, 0.2) is 11.6 Å². The van der Waals surface area contributed by atoms with E-state index in [2.05, 4.69) is 36.3 Å². The highest BCUT2D eigenvalue weighted by molar-refractivity contribution is 5.88. The second-order valence-corrected chi connectivity index (χ2v) is 6.55. The van der Waals surface area contributed by atoms with Crippen molar-refractivity contribution in [3.63, 3.8) is 0 Å². The number of methoxy groups -OCH3 is 1. The Morgan fingerprint density at radius 2 is 2.00 bits per heavy atom. The molecule has 0 saturated heterocycles. The highest BCUT2D eigenvalue weighted by Crippen LogP contribution is 2.36. The van der Waals surface area contributed by atoms with Crippen molar-refractivity contribution in [3.05, 3.63) is 64.1 Å². The molecule has 4 heteroatoms. The predicted octanol–water partition coefficient (Wildman–Crippen LogP) is 4.17. The van der Waals surface area contributed by atoms with Crippen LogP contribution in [0.5, 0.6) is 5.75 Å². The second kappa shape index (κ2) is 5.64. The molecule has 0 fully saturated rings. The van der Waals surface area contributed by atoms with E-state index in [1.807, 2.05) is 6.07 Å². The summed E-state index contributed by atoms with van der Waals surface area (Å²) in [5, 5.41) is 4.81. The van der Waals surface area contributed by atoms with Gasteiger partial charge in [0.25, 0.3) is 0 Å². The van der Waals surface area contributed by atoms with Crippen molar-refractivity contribution in [1.29, 1.82) is 0 Å². The molecule has 0 spiro atoms. The average Bonchev–Trinajstić information content (AvgIpc) is 2.94. The Morgan fingerprint density at radius 3 is 2.75 bits per heavy atom. The molecule has 3 aromatic rings. The molecule has 0 bridgehead atoms. The first-order valence-corrected chi connectivity index (χ1v) is 8.27. The zero-order valence-corrected chi connectivity index (χ0v) is 14.2. The maximum Gasteiger partial charge on any atom is 0.165 e. The highest BCUT2D eigenvalue weighted by Gasteiger charge is 2.26. The zero-order chi connectivity index (χ0) is 16.8. The maximum atomic E-state index is 14.1. The lowest BCUT2D eigenvalue weighted by Crippen LogP contribution is -2.30. The SMILES string of the molecule is COc1ccc(C2NCCc3c2[nH]c2c(C)cc(C)cc32)cc1F. The molecule has 24 heavy (non-hydrogen) atoms. The molecule has 1 unspecified atom stereocenters. The monoisotopic (exact) mass is 324 g/mol. The van der Waals surface area contributed by atoms with Crippen molar-refractivity contribution in [1.82, 2.24) is 10.3 Å². The van der Waals surface area contributed by atoms with E-state index < -0.39 is 0 Å². The van der Waals surface area contributed by atoms with E-state index >= 15 is 0 Å². The van der Waals surface area contributed by atoms with Gasteiger partial charge in [-0.3, -0.25) is 0 Å². The molecule has 124 valence electrons. The molecule has 1 aromatic heterocycles. The summed E-state index contributed by atoms with van der Waals surface area (Å²) >= 11 is 0. The van der Waals surface area contributed by atoms with Crippen LogP contribution in [0.15, 0.2) is 30.3 Å². The predicted molar refractivity (Wildman–Crippen MR) is 94.3 cm³/mol. The van der Waals surface area contributed by atoms with Crippen LogP contribution in [0, 0.1) is 19.7 Å². The number of hydrogen-bond donors (Lipinski definition) is 2. The van der Waals surface area contributed by atoms with Crippen LogP contribution in [-0.4, -0.2) is 18.6 Å². The first kappa shape index (κ1) is 15.2. The van der Waals surface area contributed by atoms with Gasteiger partial charge in [0.05, 0.1) is 13.2 Å². The van der Waals surface area contributed by atoms with Crippen molar-refractivity contribution >= 4 is 10.9 Å². The van der Waals surface area contributed by atoms with Gasteiger partial charge >= 0.3 is 0 Å². The zero-order valence-electron chi connectivity index (χ0n) is 14.2. The van der Waals surface area contributed by atoms with E-state index in [4.69, 9.17) is 4.74 Å². The molecule has 2 aromatic carbocycles. The van der Waals surface area contributed by atoms with E-state index in [0.29, 0.717) is 0 Å². The number of benzene rings is 2. The normalized spacial score (nSPS) is 17.1. The molecular weight excluding hydrogens is 303 g/mol. The second-order valence-electron chi connectivity index (χ2n) is 6.55. The Hall–Kier alpha value is -2.33. The van der Waals surface area contributed by atoms with Crippen molar-refractivity contribution in [3.8, 4) is 5.75 Å². The number of aromatic amines is 1. The van der Waals surface area contributed by atoms with Crippen LogP contribution >= 0.6 is 0 Å². The number of hydrogen-bond acceptors (Lipinski definition) is 2. The van der Waals surface area contributed by atoms with Crippen LogP contribution in [0.1, 0.15) is 34.0 Å². The molecule has 2 N–H and O–H groups in total. The summed E-state index contributed by atoms with van der Waals surface area (Å²) in [6, 6.07) is 9.60. The molecule has 0 radical (unpaired) electrons. The lowest BCUT2D eigenvalue weighted by Gasteiger charge is -2.25. The minimum Gasteiger partial charge on any atom is -0.494 e. The molecule has 1 aliphatic rings. The van der Waals surface area contributed by atoms with E-state index in [1.165, 1.54) is 34.7 Å². The van der Waals surface area contributed by atoms with Gasteiger partial charge < -0.3 is 15.0 Å². The number of aromatic nitrogens is 1. The Kier molecular flexibility index (Phi) is 3.57. The van der Waals surface area contributed by atoms with Crippen molar-refractivity contribution in [2.75, 3.05) is 13.7 Å². The van der Waals surface area contributed by atoms with Crippen LogP contribution in [-0.2, 0) is 6.42 Å². The van der Waals surface area contributed by atoms with Gasteiger partial charge in [0, 0.05) is 23.1 Å². The van der Waals surface area contributed by atoms with Gasteiger partial charge in [-0.15, -0.1) is 0 Å². The molecule has 3 nitrogen and oxygen atoms in total. The smallest absolute Gasteiger partial charge is 0.165 e. The van der Waals surface area contributed by atoms with Gasteiger partial charge in [0.1, 0.15) is 0 Å². The number of aryl methyl sites for hydroxylation is 2. The Balaban J connectivity index is 1.87. The van der Waals surface area contributed by atoms with Gasteiger partial charge in [-0.05, 0) is 55.2 Å². The summed E-state index contributed by atoms with van der Waals surface area (Å²) < 4.78 is 19.2. The first-order valence-electron chi connectivity index (χ1n) is 8.27. The third kappa shape index (κ3) is 2.29. The lowest BCUT2D eigenvalue weighted by molar-refractivity contribution is 0.385. The molecule has 0 saturated carbocycles. The summed E-state index contributed by atoms with van der Waals surface area (Å²) in [5.41, 5.74) is 7.11. The van der Waals surface area contributed by atoms with Gasteiger partial charge in [-0.1, -0.05) is 17.7 Å². The van der Waals surface area contributed by atoms with Crippen molar-refractivity contribution in [2.24, 2.45) is 0 Å². The van der Waals surface area contributed by atoms with Gasteiger partial charge in [-0.25, -0.2) is 4.39 Å². The van der Waals surface area contributed by atoms with E-state index in [0.717, 1.165) is 24.2 Å². The molecule has 1 atom stereocenters. The topological polar surface area (TPSA) is 37.0 Å². The maximum absolute atomic E-state index is 14.1. The first-order chi connectivity index (χ1) is 11.6. The summed E-state index contributed by atoms with van der Waals surface area (Å²) in [5.74, 6) is -0.0510. The average molecular weight is 324 g/mol. The fourth-order valence-corrected chi connectivity index (χ4v) is 3.83. The van der Waals surface area contributed by atoms with E-state index in [-0.39, 0.29) is 17.6 Å². The van der Waals surface area contributed by atoms with E-state index in [1.54, 1.807) is 12.1 Å². The Bertz CT molecular complexity index is 929. The summed E-state index contributed by atoms with van der Waals surface area (Å²) in [4.78, 5) is 3.59. The molecule has 1 aliphatic heterocycles. The molecule has 0 amide bonds. The molecule has 0 aliphatic carbocycles. The Morgan fingerprint density at radius 1 is 1.17 bits per heavy atom. The standard InChI is InChI=1S/C20H21FN2O/c1-11-8-12(2)18-15(9-11)14-6-7-22-19(20(14)23-18)13-4-5-17(24-3)16(21)10-13/h4-5,8-10,19,22-23H,6-7H2,1-3H3. The van der Waals surface area contributed by atoms with E-state index in [9.17, 15) is 4.39 Å². The molecule has 4 rings (SSSR count). The summed E-state index contributed by atoms with van der Waals surface area (Å²) in [6.07, 6.45) is 0.980. The van der Waals surface area contributed by atoms with Crippen LogP contribution in [0.25, 0.3) is 10.9 Å². The number of rotatable bonds is 2. The summed E-state index contributed by atoms with van der Waals surface area (Å²) in [6.45, 7) is 5.14. The van der Waals surface area contributed by atoms with Crippen molar-refractivity contribution in [2.45, 2.75) is 26.3 Å². The largest absolute Gasteiger partial charge is 0.494 e. The minimum absolute atomic E-state index is 0.0266. The van der Waals surface area contributed by atoms with Crippen molar-refractivity contribution < 1.29 is 9.13 Å². The third-order valence-electron chi connectivity index (χ3n) is 4.91. The quantitative estimate of drug-likeness (QED) is 0.742.